The first-order chi connectivity index (χ1) is 59.5. The molecular weight excluding hydrogens is 1450 g/mol. The average molecular weight is 1520 g/mol. The molecule has 0 atom stereocenters. The maximum Gasteiger partial charge on any atom is 0.0780 e. The maximum absolute atomic E-state index is 5.28. The van der Waals surface area contributed by atoms with Gasteiger partial charge in [-0.15, -0.1) is 0 Å². The van der Waals surface area contributed by atoms with Gasteiger partial charge in [0.05, 0.1) is 11.4 Å². The van der Waals surface area contributed by atoms with Gasteiger partial charge < -0.3 is 0 Å². The summed E-state index contributed by atoms with van der Waals surface area (Å²) in [5.74, 6) is 0. The summed E-state index contributed by atoms with van der Waals surface area (Å²) in [4.78, 5) is 10.3. The molecule has 0 aliphatic heterocycles. The van der Waals surface area contributed by atoms with Crippen LogP contribution >= 0.6 is 0 Å². The molecule has 0 aliphatic carbocycles. The molecule has 20 aromatic carbocycles. The van der Waals surface area contributed by atoms with Crippen molar-refractivity contribution < 1.29 is 0 Å². The minimum Gasteiger partial charge on any atom is -0.256 e. The van der Waals surface area contributed by atoms with Gasteiger partial charge in [-0.25, -0.2) is 0 Å². The van der Waals surface area contributed by atoms with Gasteiger partial charge in [0.15, 0.2) is 0 Å². The van der Waals surface area contributed by atoms with Crippen molar-refractivity contribution in [2.24, 2.45) is 0 Å². The number of hydrogen-bond acceptors (Lipinski definition) is 2. The summed E-state index contributed by atoms with van der Waals surface area (Å²) in [6.45, 7) is 0. The largest absolute Gasteiger partial charge is 0.256 e. The van der Waals surface area contributed by atoms with Crippen LogP contribution in [0.5, 0.6) is 0 Å². The topological polar surface area (TPSA) is 25.8 Å². The van der Waals surface area contributed by atoms with Crippen molar-refractivity contribution in [3.63, 3.8) is 0 Å². The van der Waals surface area contributed by atoms with Crippen molar-refractivity contribution in [3.8, 4) is 167 Å². The van der Waals surface area contributed by atoms with Gasteiger partial charge in [0.2, 0.25) is 0 Å². The highest BCUT2D eigenvalue weighted by Gasteiger charge is 2.26. The summed E-state index contributed by atoms with van der Waals surface area (Å²) in [6, 6.07) is 165. The Balaban J connectivity index is 0.658. The minimum atomic E-state index is 0.932. The van der Waals surface area contributed by atoms with E-state index < -0.39 is 0 Å². The second kappa shape index (κ2) is 30.5. The molecule has 0 bridgehead atoms. The Kier molecular flexibility index (Phi) is 18.0. The van der Waals surface area contributed by atoms with E-state index in [0.717, 1.165) is 122 Å². The molecule has 120 heavy (non-hydrogen) atoms. The summed E-state index contributed by atoms with van der Waals surface area (Å²) in [5, 5.41) is 14.0. The molecule has 0 aliphatic rings. The van der Waals surface area contributed by atoms with Gasteiger partial charge in [-0.3, -0.25) is 9.97 Å². The van der Waals surface area contributed by atoms with E-state index in [0.29, 0.717) is 0 Å². The van der Waals surface area contributed by atoms with E-state index >= 15 is 0 Å². The molecule has 0 fully saturated rings. The van der Waals surface area contributed by atoms with E-state index in [1.165, 1.54) is 110 Å². The van der Waals surface area contributed by atoms with E-state index in [-0.39, 0.29) is 0 Å². The van der Waals surface area contributed by atoms with Crippen molar-refractivity contribution in [2.75, 3.05) is 0 Å². The zero-order valence-corrected chi connectivity index (χ0v) is 65.8. The first kappa shape index (κ1) is 70.9. The molecule has 0 spiro atoms. The zero-order chi connectivity index (χ0) is 79.4. The Hall–Kier alpha value is -15.7. The van der Waals surface area contributed by atoms with Gasteiger partial charge in [-0.2, -0.15) is 0 Å². The molecule has 0 saturated heterocycles. The molecule has 2 nitrogen and oxygen atoms in total. The molecule has 558 valence electrons. The molecule has 0 radical (unpaired) electrons. The van der Waals surface area contributed by atoms with E-state index in [9.17, 15) is 0 Å². The molecule has 2 heteroatoms. The molecular formula is C118H76N2. The van der Waals surface area contributed by atoms with Gasteiger partial charge in [0.25, 0.3) is 0 Å². The van der Waals surface area contributed by atoms with E-state index in [1.54, 1.807) is 0 Å². The first-order valence-corrected chi connectivity index (χ1v) is 41.3. The Morgan fingerprint density at radius 1 is 0.133 bits per heavy atom. The van der Waals surface area contributed by atoms with E-state index in [2.05, 4.69) is 449 Å². The fourth-order valence-electron chi connectivity index (χ4n) is 18.9. The van der Waals surface area contributed by atoms with Gasteiger partial charge in [0.1, 0.15) is 0 Å². The molecule has 2 aromatic heterocycles. The van der Waals surface area contributed by atoms with Gasteiger partial charge in [-0.1, -0.05) is 382 Å². The van der Waals surface area contributed by atoms with Crippen molar-refractivity contribution in [1.82, 2.24) is 9.97 Å². The quantitative estimate of drug-likeness (QED) is 0.0956. The Bertz CT molecular complexity index is 7570. The number of pyridine rings is 2. The van der Waals surface area contributed by atoms with Crippen molar-refractivity contribution >= 4 is 64.6 Å². The standard InChI is InChI=1S/C118H76N2/c1-6-32-77(33-7-1)94-71-107(79-36-10-3-11-37-79)116(108(72-94)80-38-12-4-13-39-80)89-48-29-46-87(68-89)113-103-58-24-26-60-105(103)115(106-61-27-25-59-104(106)113)91-50-31-51-92(70-91)118-97-63-62-83(66-84(97)64-65-119-118)96-52-18-19-53-98(96)110-74-95(78-34-8-2-9-35-78)73-109(81-40-14-5-15-41-81)117(110)90-49-30-47-88(69-90)114-101-56-22-20-54-99(101)112(100-55-21-23-57-102(100)114)86-45-28-44-85(67-86)111-75-82-42-16-17-43-93(82)76-120-111/h1-76H. The summed E-state index contributed by atoms with van der Waals surface area (Å²) in [6.07, 6.45) is 3.98. The molecule has 0 N–H and O–H groups in total. The summed E-state index contributed by atoms with van der Waals surface area (Å²) in [7, 11) is 0. The summed E-state index contributed by atoms with van der Waals surface area (Å²) in [5.41, 5.74) is 34.2. The second-order valence-electron chi connectivity index (χ2n) is 31.3. The second-order valence-corrected chi connectivity index (χ2v) is 31.3. The predicted octanol–water partition coefficient (Wildman–Crippen LogP) is 32.4. The zero-order valence-electron chi connectivity index (χ0n) is 65.8. The number of aromatic nitrogens is 2. The SMILES string of the molecule is c1ccc(-c2cc(-c3ccccc3)c(-c3cccc(-c4c5ccccc5c(-c5cccc(-c6nccc7cc(-c8ccccc8-c8cc(-c9ccccc9)cc(-c9ccccc9)c8-c8cccc(-c9c%10ccccc%10c(-c%10cccc(-c%11cc%12ccccc%12cn%11)c%10)c%10ccccc9%10)c8)ccc67)c5)c5ccccc45)c3)c(-c3ccccc3)c2)cc1. The van der Waals surface area contributed by atoms with Crippen LogP contribution in [0.25, 0.3) is 232 Å². The normalized spacial score (nSPS) is 11.5. The van der Waals surface area contributed by atoms with Crippen LogP contribution in [0.15, 0.2) is 461 Å². The Morgan fingerprint density at radius 3 is 0.883 bits per heavy atom. The van der Waals surface area contributed by atoms with Crippen molar-refractivity contribution in [1.29, 1.82) is 0 Å². The van der Waals surface area contributed by atoms with Crippen LogP contribution in [0.2, 0.25) is 0 Å². The van der Waals surface area contributed by atoms with E-state index in [4.69, 9.17) is 9.97 Å². The summed E-state index contributed by atoms with van der Waals surface area (Å²) < 4.78 is 0. The lowest BCUT2D eigenvalue weighted by atomic mass is 9.81. The molecule has 22 rings (SSSR count). The number of benzene rings is 20. The third-order valence-electron chi connectivity index (χ3n) is 24.3. The van der Waals surface area contributed by atoms with Gasteiger partial charge in [0, 0.05) is 34.3 Å². The number of nitrogens with zero attached hydrogens (tertiary/aromatic N) is 2. The van der Waals surface area contributed by atoms with Crippen LogP contribution in [0.3, 0.4) is 0 Å². The van der Waals surface area contributed by atoms with Gasteiger partial charge >= 0.3 is 0 Å². The monoisotopic (exact) mass is 1520 g/mol. The van der Waals surface area contributed by atoms with Crippen LogP contribution in [0.4, 0.5) is 0 Å². The van der Waals surface area contributed by atoms with Crippen LogP contribution in [-0.2, 0) is 0 Å². The lowest BCUT2D eigenvalue weighted by Crippen LogP contribution is -1.96. The van der Waals surface area contributed by atoms with Crippen LogP contribution in [-0.4, -0.2) is 9.97 Å². The smallest absolute Gasteiger partial charge is 0.0780 e. The third kappa shape index (κ3) is 12.8. The maximum atomic E-state index is 5.28. The van der Waals surface area contributed by atoms with Crippen LogP contribution in [0, 0.1) is 0 Å². The Morgan fingerprint density at radius 2 is 0.450 bits per heavy atom. The predicted molar refractivity (Wildman–Crippen MR) is 509 cm³/mol. The minimum absolute atomic E-state index is 0.932. The summed E-state index contributed by atoms with van der Waals surface area (Å²) >= 11 is 0. The highest BCUT2D eigenvalue weighted by Crippen LogP contribution is 2.53. The third-order valence-corrected chi connectivity index (χ3v) is 24.3. The number of fused-ring (bicyclic) bond motifs is 6. The highest BCUT2D eigenvalue weighted by atomic mass is 14.7. The van der Waals surface area contributed by atoms with Gasteiger partial charge in [-0.05, 0) is 265 Å². The number of hydrogen-bond donors (Lipinski definition) is 0. The molecule has 2 heterocycles. The molecule has 0 saturated carbocycles. The number of rotatable bonds is 15. The molecule has 0 amide bonds. The van der Waals surface area contributed by atoms with Crippen LogP contribution in [0.1, 0.15) is 0 Å². The van der Waals surface area contributed by atoms with Crippen molar-refractivity contribution in [3.05, 3.63) is 461 Å². The average Bonchev–Trinajstić information content (AvgIpc) is 0.734. The van der Waals surface area contributed by atoms with E-state index in [1.807, 2.05) is 12.4 Å². The lowest BCUT2D eigenvalue weighted by Gasteiger charge is -2.22. The molecule has 22 aromatic rings. The lowest BCUT2D eigenvalue weighted by molar-refractivity contribution is 1.36. The van der Waals surface area contributed by atoms with Crippen LogP contribution < -0.4 is 0 Å². The Labute approximate surface area is 698 Å². The fourth-order valence-corrected chi connectivity index (χ4v) is 18.9. The fraction of sp³-hybridized carbons (Fsp3) is 0. The first-order valence-electron chi connectivity index (χ1n) is 41.3. The van der Waals surface area contributed by atoms with Crippen molar-refractivity contribution in [2.45, 2.75) is 0 Å². The molecule has 0 unspecified atom stereocenters. The highest BCUT2D eigenvalue weighted by molar-refractivity contribution is 6.24.